The van der Waals surface area contributed by atoms with Crippen LogP contribution in [0.5, 0.6) is 0 Å². The zero-order valence-corrected chi connectivity index (χ0v) is 11.6. The van der Waals surface area contributed by atoms with Crippen LogP contribution in [0.1, 0.15) is 57.4 Å². The number of rotatable bonds is 0. The van der Waals surface area contributed by atoms with Crippen LogP contribution in [0, 0.1) is 5.82 Å². The highest BCUT2D eigenvalue weighted by Gasteiger charge is 2.46. The fourth-order valence-electron chi connectivity index (χ4n) is 4.11. The standard InChI is InChI=1S/C16H20FNO/c1-11-10-16(7-3-4-8-16)18(12(2)19)15-6-5-13(17)9-14(11)15/h5-6,9,11H,3-4,7-8,10H2,1-2H3. The maximum Gasteiger partial charge on any atom is 0.224 e. The van der Waals surface area contributed by atoms with E-state index in [2.05, 4.69) is 6.92 Å². The molecule has 0 aromatic heterocycles. The smallest absolute Gasteiger partial charge is 0.224 e. The van der Waals surface area contributed by atoms with Gasteiger partial charge in [0.2, 0.25) is 5.91 Å². The van der Waals surface area contributed by atoms with Gasteiger partial charge in [-0.2, -0.15) is 0 Å². The minimum absolute atomic E-state index is 0.0178. The van der Waals surface area contributed by atoms with Crippen LogP contribution in [0.2, 0.25) is 0 Å². The average molecular weight is 261 g/mol. The van der Waals surface area contributed by atoms with Crippen LogP contribution in [-0.2, 0) is 4.79 Å². The molecule has 1 aliphatic carbocycles. The molecule has 1 atom stereocenters. The lowest BCUT2D eigenvalue weighted by molar-refractivity contribution is -0.118. The number of anilines is 1. The van der Waals surface area contributed by atoms with E-state index >= 15 is 0 Å². The molecule has 0 N–H and O–H groups in total. The lowest BCUT2D eigenvalue weighted by Crippen LogP contribution is -2.53. The molecular formula is C16H20FNO. The molecular weight excluding hydrogens is 241 g/mol. The summed E-state index contributed by atoms with van der Waals surface area (Å²) in [7, 11) is 0. The van der Waals surface area contributed by atoms with Crippen LogP contribution in [-0.4, -0.2) is 11.4 Å². The summed E-state index contributed by atoms with van der Waals surface area (Å²) in [5, 5.41) is 0. The van der Waals surface area contributed by atoms with Gasteiger partial charge in [-0.15, -0.1) is 0 Å². The summed E-state index contributed by atoms with van der Waals surface area (Å²) in [5.74, 6) is 0.192. The number of amides is 1. The second kappa shape index (κ2) is 4.32. The van der Waals surface area contributed by atoms with E-state index in [0.717, 1.165) is 30.5 Å². The first-order valence-electron chi connectivity index (χ1n) is 7.14. The first-order valence-corrected chi connectivity index (χ1v) is 7.14. The SMILES string of the molecule is CC(=O)N1c2ccc(F)cc2C(C)CC12CCCC2. The van der Waals surface area contributed by atoms with Gasteiger partial charge in [-0.1, -0.05) is 19.8 Å². The summed E-state index contributed by atoms with van der Waals surface area (Å²) in [6.07, 6.45) is 5.49. The van der Waals surface area contributed by atoms with Crippen molar-refractivity contribution in [2.45, 2.75) is 57.4 Å². The highest BCUT2D eigenvalue weighted by atomic mass is 19.1. The summed E-state index contributed by atoms with van der Waals surface area (Å²) in [6, 6.07) is 4.84. The fraction of sp³-hybridized carbons (Fsp3) is 0.562. The Balaban J connectivity index is 2.15. The zero-order chi connectivity index (χ0) is 13.6. The van der Waals surface area contributed by atoms with Crippen molar-refractivity contribution in [1.82, 2.24) is 0 Å². The van der Waals surface area contributed by atoms with Crippen molar-refractivity contribution in [3.63, 3.8) is 0 Å². The maximum atomic E-state index is 13.5. The predicted molar refractivity (Wildman–Crippen MR) is 73.8 cm³/mol. The number of nitrogens with zero attached hydrogens (tertiary/aromatic N) is 1. The first-order chi connectivity index (χ1) is 9.03. The maximum absolute atomic E-state index is 13.5. The number of hydrogen-bond acceptors (Lipinski definition) is 1. The molecule has 1 aromatic rings. The third-order valence-corrected chi connectivity index (χ3v) is 4.77. The van der Waals surface area contributed by atoms with E-state index in [1.165, 1.54) is 18.9 Å². The number of benzene rings is 1. The highest BCUT2D eigenvalue weighted by Crippen LogP contribution is 2.50. The Kier molecular flexibility index (Phi) is 2.88. The number of halogens is 1. The molecule has 0 radical (unpaired) electrons. The van der Waals surface area contributed by atoms with Gasteiger partial charge in [0.05, 0.1) is 0 Å². The van der Waals surface area contributed by atoms with E-state index in [-0.39, 0.29) is 17.3 Å². The molecule has 0 saturated heterocycles. The summed E-state index contributed by atoms with van der Waals surface area (Å²) >= 11 is 0. The molecule has 2 aliphatic rings. The van der Waals surface area contributed by atoms with Crippen molar-refractivity contribution >= 4 is 11.6 Å². The van der Waals surface area contributed by atoms with Gasteiger partial charge in [-0.05, 0) is 48.9 Å². The molecule has 1 unspecified atom stereocenters. The highest BCUT2D eigenvalue weighted by molar-refractivity contribution is 5.94. The molecule has 3 rings (SSSR count). The summed E-state index contributed by atoms with van der Waals surface area (Å²) < 4.78 is 13.5. The van der Waals surface area contributed by atoms with E-state index < -0.39 is 0 Å². The molecule has 3 heteroatoms. The van der Waals surface area contributed by atoms with Crippen LogP contribution in [0.15, 0.2) is 18.2 Å². The van der Waals surface area contributed by atoms with Gasteiger partial charge >= 0.3 is 0 Å². The van der Waals surface area contributed by atoms with Crippen molar-refractivity contribution < 1.29 is 9.18 Å². The number of carbonyl (C=O) groups excluding carboxylic acids is 1. The molecule has 1 aliphatic heterocycles. The Bertz CT molecular complexity index is 519. The minimum atomic E-state index is -0.212. The third-order valence-electron chi connectivity index (χ3n) is 4.77. The van der Waals surface area contributed by atoms with Crippen LogP contribution in [0.4, 0.5) is 10.1 Å². The molecule has 2 nitrogen and oxygen atoms in total. The lowest BCUT2D eigenvalue weighted by Gasteiger charge is -2.47. The lowest BCUT2D eigenvalue weighted by atomic mass is 9.77. The molecule has 1 amide bonds. The molecule has 1 aromatic carbocycles. The van der Waals surface area contributed by atoms with E-state index in [0.29, 0.717) is 5.92 Å². The molecule has 0 bridgehead atoms. The second-order valence-electron chi connectivity index (χ2n) is 6.09. The van der Waals surface area contributed by atoms with Crippen molar-refractivity contribution in [3.8, 4) is 0 Å². The minimum Gasteiger partial charge on any atom is -0.306 e. The van der Waals surface area contributed by atoms with Crippen molar-refractivity contribution in [2.75, 3.05) is 4.90 Å². The van der Waals surface area contributed by atoms with Crippen molar-refractivity contribution in [3.05, 3.63) is 29.6 Å². The van der Waals surface area contributed by atoms with E-state index in [1.807, 2.05) is 4.90 Å². The van der Waals surface area contributed by atoms with E-state index in [4.69, 9.17) is 0 Å². The second-order valence-corrected chi connectivity index (χ2v) is 6.09. The topological polar surface area (TPSA) is 20.3 Å². The van der Waals surface area contributed by atoms with E-state index in [9.17, 15) is 9.18 Å². The Morgan fingerprint density at radius 3 is 2.68 bits per heavy atom. The average Bonchev–Trinajstić information content (AvgIpc) is 2.78. The number of fused-ring (bicyclic) bond motifs is 1. The van der Waals surface area contributed by atoms with Gasteiger partial charge in [-0.3, -0.25) is 4.79 Å². The molecule has 1 fully saturated rings. The predicted octanol–water partition coefficient (Wildman–Crippen LogP) is 4.00. The van der Waals surface area contributed by atoms with Crippen LogP contribution >= 0.6 is 0 Å². The van der Waals surface area contributed by atoms with Crippen LogP contribution in [0.25, 0.3) is 0 Å². The fourth-order valence-corrected chi connectivity index (χ4v) is 4.11. The van der Waals surface area contributed by atoms with Gasteiger partial charge < -0.3 is 4.90 Å². The molecule has 19 heavy (non-hydrogen) atoms. The van der Waals surface area contributed by atoms with Gasteiger partial charge in [0.25, 0.3) is 0 Å². The largest absolute Gasteiger partial charge is 0.306 e. The van der Waals surface area contributed by atoms with Gasteiger partial charge in [0, 0.05) is 18.2 Å². The Labute approximate surface area is 113 Å². The third kappa shape index (κ3) is 1.87. The Hall–Kier alpha value is -1.38. The summed E-state index contributed by atoms with van der Waals surface area (Å²) in [5.41, 5.74) is 1.89. The normalized spacial score (nSPS) is 24.6. The number of hydrogen-bond donors (Lipinski definition) is 0. The van der Waals surface area contributed by atoms with Gasteiger partial charge in [-0.25, -0.2) is 4.39 Å². The molecule has 1 heterocycles. The van der Waals surface area contributed by atoms with Crippen molar-refractivity contribution in [2.24, 2.45) is 0 Å². The van der Waals surface area contributed by atoms with E-state index in [1.54, 1.807) is 19.1 Å². The monoisotopic (exact) mass is 261 g/mol. The number of carbonyl (C=O) groups is 1. The van der Waals surface area contributed by atoms with Crippen LogP contribution in [0.3, 0.4) is 0 Å². The zero-order valence-electron chi connectivity index (χ0n) is 11.6. The first kappa shape index (κ1) is 12.6. The summed E-state index contributed by atoms with van der Waals surface area (Å²) in [6.45, 7) is 3.78. The molecule has 1 spiro atoms. The van der Waals surface area contributed by atoms with Gasteiger partial charge in [0.1, 0.15) is 5.82 Å². The van der Waals surface area contributed by atoms with Crippen LogP contribution < -0.4 is 4.90 Å². The molecule has 102 valence electrons. The van der Waals surface area contributed by atoms with Gasteiger partial charge in [0.15, 0.2) is 0 Å². The van der Waals surface area contributed by atoms with Crippen molar-refractivity contribution in [1.29, 1.82) is 0 Å². The summed E-state index contributed by atoms with van der Waals surface area (Å²) in [4.78, 5) is 14.1. The molecule has 1 saturated carbocycles. The Morgan fingerprint density at radius 2 is 2.05 bits per heavy atom. The quantitative estimate of drug-likeness (QED) is 0.691. The Morgan fingerprint density at radius 1 is 1.37 bits per heavy atom.